The van der Waals surface area contributed by atoms with E-state index in [4.69, 9.17) is 4.74 Å². The van der Waals surface area contributed by atoms with E-state index in [0.717, 1.165) is 17.0 Å². The number of nitrogens with zero attached hydrogens (tertiary/aromatic N) is 2. The summed E-state index contributed by atoms with van der Waals surface area (Å²) in [5.74, 6) is 0.906. The van der Waals surface area contributed by atoms with Crippen LogP contribution in [-0.4, -0.2) is 16.2 Å². The second kappa shape index (κ2) is 6.20. The lowest BCUT2D eigenvalue weighted by molar-refractivity contribution is 0.340. The molecule has 0 bridgehead atoms. The van der Waals surface area contributed by atoms with Gasteiger partial charge in [0.05, 0.1) is 24.0 Å². The fourth-order valence-electron chi connectivity index (χ4n) is 2.98. The number of hydrogen-bond donors (Lipinski definition) is 0. The largest absolute Gasteiger partial charge is 0.494 e. The van der Waals surface area contributed by atoms with E-state index < -0.39 is 0 Å². The predicted octanol–water partition coefficient (Wildman–Crippen LogP) is 5.09. The molecule has 0 spiro atoms. The van der Waals surface area contributed by atoms with Crippen LogP contribution in [-0.2, 0) is 0 Å². The third kappa shape index (κ3) is 2.65. The second-order valence-electron chi connectivity index (χ2n) is 5.63. The van der Waals surface area contributed by atoms with Crippen LogP contribution in [0.25, 0.3) is 27.7 Å². The molecule has 0 atom stereocenters. The highest BCUT2D eigenvalue weighted by Crippen LogP contribution is 2.28. The Morgan fingerprint density at radius 1 is 0.958 bits per heavy atom. The molecule has 0 unspecified atom stereocenters. The fourth-order valence-corrected chi connectivity index (χ4v) is 2.98. The molecular formula is C21H18N2O. The molecule has 3 heteroatoms. The molecular weight excluding hydrogens is 296 g/mol. The number of hydrogen-bond acceptors (Lipinski definition) is 2. The van der Waals surface area contributed by atoms with Crippen LogP contribution in [0.5, 0.6) is 5.75 Å². The maximum absolute atomic E-state index is 5.61. The minimum atomic E-state index is 0.677. The number of rotatable bonds is 4. The van der Waals surface area contributed by atoms with Crippen molar-refractivity contribution >= 4 is 10.9 Å². The molecule has 2 aromatic heterocycles. The summed E-state index contributed by atoms with van der Waals surface area (Å²) in [6.07, 6.45) is 5.75. The molecule has 0 aliphatic rings. The lowest BCUT2D eigenvalue weighted by Gasteiger charge is -2.08. The molecule has 0 fully saturated rings. The van der Waals surface area contributed by atoms with E-state index in [-0.39, 0.29) is 0 Å². The topological polar surface area (TPSA) is 27.1 Å². The molecule has 0 aliphatic heterocycles. The minimum Gasteiger partial charge on any atom is -0.494 e. The zero-order valence-electron chi connectivity index (χ0n) is 13.5. The Morgan fingerprint density at radius 3 is 2.71 bits per heavy atom. The van der Waals surface area contributed by atoms with Crippen molar-refractivity contribution in [1.82, 2.24) is 9.55 Å². The van der Waals surface area contributed by atoms with E-state index in [1.54, 1.807) is 6.20 Å². The summed E-state index contributed by atoms with van der Waals surface area (Å²) in [4.78, 5) is 4.21. The van der Waals surface area contributed by atoms with Gasteiger partial charge >= 0.3 is 0 Å². The van der Waals surface area contributed by atoms with Crippen molar-refractivity contribution in [3.63, 3.8) is 0 Å². The van der Waals surface area contributed by atoms with Gasteiger partial charge in [0, 0.05) is 17.8 Å². The van der Waals surface area contributed by atoms with Gasteiger partial charge in [0.2, 0.25) is 0 Å². The minimum absolute atomic E-state index is 0.677. The highest BCUT2D eigenvalue weighted by atomic mass is 16.5. The standard InChI is InChI=1S/C21H18N2O/c1-2-24-20-7-3-5-16(14-20)17-8-9-21-18(13-17)10-12-23(21)19-6-4-11-22-15-19/h3-15H,2H2,1H3. The normalized spacial score (nSPS) is 10.9. The van der Waals surface area contributed by atoms with E-state index in [1.807, 2.05) is 31.3 Å². The Bertz CT molecular complexity index is 973. The van der Waals surface area contributed by atoms with Crippen LogP contribution in [0.3, 0.4) is 0 Å². The van der Waals surface area contributed by atoms with Crippen LogP contribution in [0.1, 0.15) is 6.92 Å². The van der Waals surface area contributed by atoms with Gasteiger partial charge in [-0.15, -0.1) is 0 Å². The summed E-state index contributed by atoms with van der Waals surface area (Å²) < 4.78 is 7.76. The summed E-state index contributed by atoms with van der Waals surface area (Å²) >= 11 is 0. The first kappa shape index (κ1) is 14.5. The molecule has 0 radical (unpaired) electrons. The lowest BCUT2D eigenvalue weighted by Crippen LogP contribution is -1.92. The van der Waals surface area contributed by atoms with Crippen molar-refractivity contribution in [3.8, 4) is 22.6 Å². The molecule has 2 heterocycles. The summed E-state index contributed by atoms with van der Waals surface area (Å²) in [6, 6.07) is 20.9. The van der Waals surface area contributed by atoms with Gasteiger partial charge < -0.3 is 9.30 Å². The molecule has 118 valence electrons. The smallest absolute Gasteiger partial charge is 0.119 e. The molecule has 24 heavy (non-hydrogen) atoms. The molecule has 0 N–H and O–H groups in total. The Morgan fingerprint density at radius 2 is 1.88 bits per heavy atom. The van der Waals surface area contributed by atoms with Crippen LogP contribution in [0.2, 0.25) is 0 Å². The molecule has 2 aromatic carbocycles. The number of ether oxygens (including phenoxy) is 1. The SMILES string of the molecule is CCOc1cccc(-c2ccc3c(ccn3-c3cccnc3)c2)c1. The van der Waals surface area contributed by atoms with E-state index in [1.165, 1.54) is 16.5 Å². The van der Waals surface area contributed by atoms with E-state index >= 15 is 0 Å². The van der Waals surface area contributed by atoms with Crippen molar-refractivity contribution in [3.05, 3.63) is 79.3 Å². The zero-order valence-corrected chi connectivity index (χ0v) is 13.5. The lowest BCUT2D eigenvalue weighted by atomic mass is 10.0. The summed E-state index contributed by atoms with van der Waals surface area (Å²) in [5.41, 5.74) is 4.59. The van der Waals surface area contributed by atoms with Crippen LogP contribution >= 0.6 is 0 Å². The summed E-state index contributed by atoms with van der Waals surface area (Å²) in [7, 11) is 0. The number of pyridine rings is 1. The number of aromatic nitrogens is 2. The first-order chi connectivity index (χ1) is 11.8. The maximum Gasteiger partial charge on any atom is 0.119 e. The Hall–Kier alpha value is -3.07. The highest BCUT2D eigenvalue weighted by molar-refractivity contribution is 5.87. The second-order valence-corrected chi connectivity index (χ2v) is 5.63. The predicted molar refractivity (Wildman–Crippen MR) is 97.7 cm³/mol. The molecule has 0 saturated heterocycles. The molecule has 0 aliphatic carbocycles. The van der Waals surface area contributed by atoms with Crippen LogP contribution < -0.4 is 4.74 Å². The van der Waals surface area contributed by atoms with Gasteiger partial charge in [0.25, 0.3) is 0 Å². The number of benzene rings is 2. The Kier molecular flexibility index (Phi) is 3.75. The van der Waals surface area contributed by atoms with Crippen molar-refractivity contribution < 1.29 is 4.74 Å². The maximum atomic E-state index is 5.61. The van der Waals surface area contributed by atoms with E-state index in [9.17, 15) is 0 Å². The van der Waals surface area contributed by atoms with Crippen LogP contribution in [0, 0.1) is 0 Å². The van der Waals surface area contributed by atoms with E-state index in [2.05, 4.69) is 58.2 Å². The zero-order chi connectivity index (χ0) is 16.4. The van der Waals surface area contributed by atoms with Gasteiger partial charge in [-0.2, -0.15) is 0 Å². The first-order valence-electron chi connectivity index (χ1n) is 8.10. The van der Waals surface area contributed by atoms with Crippen molar-refractivity contribution in [2.24, 2.45) is 0 Å². The fraction of sp³-hybridized carbons (Fsp3) is 0.0952. The van der Waals surface area contributed by atoms with E-state index in [0.29, 0.717) is 6.61 Å². The van der Waals surface area contributed by atoms with Gasteiger partial charge in [0.15, 0.2) is 0 Å². The Labute approximate surface area is 141 Å². The van der Waals surface area contributed by atoms with Crippen LogP contribution in [0.4, 0.5) is 0 Å². The van der Waals surface area contributed by atoms with Gasteiger partial charge in [-0.3, -0.25) is 4.98 Å². The van der Waals surface area contributed by atoms with Gasteiger partial charge in [-0.05, 0) is 60.5 Å². The third-order valence-corrected chi connectivity index (χ3v) is 4.09. The van der Waals surface area contributed by atoms with Gasteiger partial charge in [-0.1, -0.05) is 18.2 Å². The summed E-state index contributed by atoms with van der Waals surface area (Å²) in [6.45, 7) is 2.68. The third-order valence-electron chi connectivity index (χ3n) is 4.09. The highest BCUT2D eigenvalue weighted by Gasteiger charge is 2.06. The molecule has 0 saturated carbocycles. The van der Waals surface area contributed by atoms with Crippen molar-refractivity contribution in [1.29, 1.82) is 0 Å². The Balaban J connectivity index is 1.76. The van der Waals surface area contributed by atoms with Crippen LogP contribution in [0.15, 0.2) is 79.3 Å². The number of fused-ring (bicyclic) bond motifs is 1. The quantitative estimate of drug-likeness (QED) is 0.524. The summed E-state index contributed by atoms with van der Waals surface area (Å²) in [5, 5.41) is 1.21. The molecule has 0 amide bonds. The van der Waals surface area contributed by atoms with Gasteiger partial charge in [-0.25, -0.2) is 0 Å². The average Bonchev–Trinajstić information content (AvgIpc) is 3.06. The van der Waals surface area contributed by atoms with Crippen molar-refractivity contribution in [2.45, 2.75) is 6.92 Å². The average molecular weight is 314 g/mol. The monoisotopic (exact) mass is 314 g/mol. The molecule has 4 aromatic rings. The molecule has 4 rings (SSSR count). The van der Waals surface area contributed by atoms with Gasteiger partial charge in [0.1, 0.15) is 5.75 Å². The van der Waals surface area contributed by atoms with Crippen molar-refractivity contribution in [2.75, 3.05) is 6.61 Å². The molecule has 3 nitrogen and oxygen atoms in total. The first-order valence-corrected chi connectivity index (χ1v) is 8.10.